The van der Waals surface area contributed by atoms with Crippen LogP contribution in [0.4, 0.5) is 34.1 Å². The minimum atomic E-state index is -0.854. The summed E-state index contributed by atoms with van der Waals surface area (Å²) in [5, 5.41) is 33.2. The first-order chi connectivity index (χ1) is 18.9. The van der Waals surface area contributed by atoms with Crippen LogP contribution in [0.5, 0.6) is 5.75 Å². The first-order valence-corrected chi connectivity index (χ1v) is 12.3. The third-order valence-corrected chi connectivity index (χ3v) is 5.50. The quantitative estimate of drug-likeness (QED) is 0.141. The molecule has 1 amide bonds. The Kier molecular flexibility index (Phi) is 11.4. The van der Waals surface area contributed by atoms with Crippen LogP contribution in [0.1, 0.15) is 20.8 Å². The first kappa shape index (κ1) is 31.5. The van der Waals surface area contributed by atoms with Crippen molar-refractivity contribution in [3.05, 3.63) is 49.0 Å². The van der Waals surface area contributed by atoms with E-state index in [0.29, 0.717) is 0 Å². The molecule has 0 saturated carbocycles. The van der Waals surface area contributed by atoms with Gasteiger partial charge in [0.05, 0.1) is 52.1 Å². The van der Waals surface area contributed by atoms with Crippen molar-refractivity contribution in [2.45, 2.75) is 20.8 Å². The van der Waals surface area contributed by atoms with Crippen molar-refractivity contribution in [1.82, 2.24) is 0 Å². The molecule has 0 aromatic heterocycles. The number of hydrogen-bond donors (Lipinski definition) is 1. The summed E-state index contributed by atoms with van der Waals surface area (Å²) in [6.45, 7) is 3.93. The van der Waals surface area contributed by atoms with Crippen LogP contribution in [0.3, 0.4) is 0 Å². The molecule has 0 unspecified atom stereocenters. The van der Waals surface area contributed by atoms with Crippen molar-refractivity contribution < 1.29 is 38.4 Å². The number of hydrogen-bond acceptors (Lipinski definition) is 13. The van der Waals surface area contributed by atoms with Gasteiger partial charge in [0, 0.05) is 19.1 Å². The topological polar surface area (TPSA) is 205 Å². The summed E-state index contributed by atoms with van der Waals surface area (Å²) in [5.41, 5.74) is -1.34. The van der Waals surface area contributed by atoms with Crippen molar-refractivity contribution in [2.75, 3.05) is 43.6 Å². The van der Waals surface area contributed by atoms with Gasteiger partial charge < -0.3 is 24.4 Å². The number of nitrogens with one attached hydrogen (secondary N) is 1. The molecule has 40 heavy (non-hydrogen) atoms. The Morgan fingerprint density at radius 1 is 0.975 bits per heavy atom. The number of nitrogens with zero attached hydrogens (tertiary/aromatic N) is 5. The second-order valence-corrected chi connectivity index (χ2v) is 8.55. The number of anilines is 2. The minimum Gasteiger partial charge on any atom is -0.494 e. The molecule has 0 heterocycles. The zero-order valence-electron chi connectivity index (χ0n) is 21.8. The van der Waals surface area contributed by atoms with Gasteiger partial charge in [0.1, 0.15) is 24.5 Å². The number of carbonyl (C=O) groups excluding carboxylic acids is 3. The predicted molar refractivity (Wildman–Crippen MR) is 144 cm³/mol. The highest BCUT2D eigenvalue weighted by Crippen LogP contribution is 2.43. The van der Waals surface area contributed by atoms with E-state index >= 15 is 0 Å². The van der Waals surface area contributed by atoms with E-state index in [1.54, 1.807) is 13.8 Å². The Balaban J connectivity index is 2.68. The summed E-state index contributed by atoms with van der Waals surface area (Å²) in [4.78, 5) is 58.9. The molecule has 0 atom stereocenters. The number of amides is 1. The molecule has 2 rings (SSSR count). The molecule has 16 nitrogen and oxygen atoms in total. The summed E-state index contributed by atoms with van der Waals surface area (Å²) in [5.74, 6) is -1.71. The fourth-order valence-electron chi connectivity index (χ4n) is 3.31. The SMILES string of the molecule is CCOC(=O)CN(CC(=O)OCC)c1cc(NC(C)=O)c(N=Nc2c(Br)cc([N+](=O)[O-])cc2[N+](=O)[O-])cc1OC. The number of esters is 2. The number of nitro benzene ring substituents is 2. The third-order valence-electron chi connectivity index (χ3n) is 4.89. The van der Waals surface area contributed by atoms with Gasteiger partial charge in [-0.05, 0) is 35.8 Å². The molecule has 2 aromatic rings. The van der Waals surface area contributed by atoms with Crippen LogP contribution in [0.25, 0.3) is 0 Å². The molecule has 1 N–H and O–H groups in total. The van der Waals surface area contributed by atoms with Crippen LogP contribution in [0, 0.1) is 20.2 Å². The van der Waals surface area contributed by atoms with Crippen LogP contribution < -0.4 is 15.0 Å². The second kappa shape index (κ2) is 14.5. The van der Waals surface area contributed by atoms with Gasteiger partial charge in [-0.3, -0.25) is 34.6 Å². The number of azo groups is 1. The number of methoxy groups -OCH3 is 1. The van der Waals surface area contributed by atoms with Gasteiger partial charge >= 0.3 is 17.6 Å². The number of non-ortho nitro benzene ring substituents is 1. The molecule has 0 aliphatic heterocycles. The average Bonchev–Trinajstić information content (AvgIpc) is 2.87. The molecule has 0 bridgehead atoms. The highest BCUT2D eigenvalue weighted by Gasteiger charge is 2.25. The van der Waals surface area contributed by atoms with Crippen LogP contribution in [0.2, 0.25) is 0 Å². The molecule has 2 aromatic carbocycles. The molecule has 0 radical (unpaired) electrons. The van der Waals surface area contributed by atoms with E-state index in [2.05, 4.69) is 31.5 Å². The molecule has 214 valence electrons. The van der Waals surface area contributed by atoms with E-state index in [4.69, 9.17) is 14.2 Å². The maximum atomic E-state index is 12.3. The second-order valence-electron chi connectivity index (χ2n) is 7.70. The molecule has 0 aliphatic carbocycles. The maximum Gasteiger partial charge on any atom is 0.325 e. The van der Waals surface area contributed by atoms with Gasteiger partial charge in [0.2, 0.25) is 5.91 Å². The minimum absolute atomic E-state index is 0.0254. The smallest absolute Gasteiger partial charge is 0.325 e. The molecule has 0 spiro atoms. The Hall–Kier alpha value is -4.67. The highest BCUT2D eigenvalue weighted by molar-refractivity contribution is 9.10. The maximum absolute atomic E-state index is 12.3. The Morgan fingerprint density at radius 2 is 1.57 bits per heavy atom. The summed E-state index contributed by atoms with van der Waals surface area (Å²) in [6.07, 6.45) is 0. The monoisotopic (exact) mass is 624 g/mol. The number of rotatable bonds is 13. The van der Waals surface area contributed by atoms with Crippen molar-refractivity contribution >= 4 is 67.9 Å². The summed E-state index contributed by atoms with van der Waals surface area (Å²) < 4.78 is 15.4. The molecular formula is C23H25BrN6O10. The highest BCUT2D eigenvalue weighted by atomic mass is 79.9. The molecule has 0 aliphatic rings. The lowest BCUT2D eigenvalue weighted by atomic mass is 10.2. The average molecular weight is 625 g/mol. The summed E-state index contributed by atoms with van der Waals surface area (Å²) in [7, 11) is 1.31. The first-order valence-electron chi connectivity index (χ1n) is 11.5. The van der Waals surface area contributed by atoms with Crippen molar-refractivity contribution in [3.63, 3.8) is 0 Å². The predicted octanol–water partition coefficient (Wildman–Crippen LogP) is 4.58. The van der Waals surface area contributed by atoms with E-state index in [-0.39, 0.29) is 59.3 Å². The number of ether oxygens (including phenoxy) is 3. The Bertz CT molecular complexity index is 1330. The normalized spacial score (nSPS) is 10.6. The fourth-order valence-corrected chi connectivity index (χ4v) is 3.83. The number of nitro groups is 2. The number of carbonyl (C=O) groups is 3. The summed E-state index contributed by atoms with van der Waals surface area (Å²) in [6, 6.07) is 4.45. The van der Waals surface area contributed by atoms with Crippen LogP contribution in [-0.4, -0.2) is 61.1 Å². The van der Waals surface area contributed by atoms with Gasteiger partial charge in [-0.2, -0.15) is 0 Å². The van der Waals surface area contributed by atoms with E-state index in [0.717, 1.165) is 12.1 Å². The van der Waals surface area contributed by atoms with Gasteiger partial charge in [-0.25, -0.2) is 0 Å². The van der Waals surface area contributed by atoms with E-state index in [1.807, 2.05) is 0 Å². The van der Waals surface area contributed by atoms with Crippen molar-refractivity contribution in [2.24, 2.45) is 10.2 Å². The lowest BCUT2D eigenvalue weighted by molar-refractivity contribution is -0.393. The third kappa shape index (κ3) is 8.42. The Labute approximate surface area is 235 Å². The van der Waals surface area contributed by atoms with Crippen LogP contribution >= 0.6 is 15.9 Å². The zero-order chi connectivity index (χ0) is 30.0. The molecule has 0 saturated heterocycles. The molecule has 17 heteroatoms. The Morgan fingerprint density at radius 3 is 2.05 bits per heavy atom. The van der Waals surface area contributed by atoms with Crippen LogP contribution in [0.15, 0.2) is 39.0 Å². The van der Waals surface area contributed by atoms with Crippen LogP contribution in [-0.2, 0) is 23.9 Å². The van der Waals surface area contributed by atoms with Gasteiger partial charge in [0.15, 0.2) is 5.69 Å². The lowest BCUT2D eigenvalue weighted by Gasteiger charge is -2.25. The fraction of sp³-hybridized carbons (Fsp3) is 0.348. The lowest BCUT2D eigenvalue weighted by Crippen LogP contribution is -2.36. The summed E-state index contributed by atoms with van der Waals surface area (Å²) >= 11 is 3.05. The largest absolute Gasteiger partial charge is 0.494 e. The van der Waals surface area contributed by atoms with E-state index in [9.17, 15) is 34.6 Å². The van der Waals surface area contributed by atoms with E-state index < -0.39 is 39.1 Å². The van der Waals surface area contributed by atoms with Gasteiger partial charge in [0.25, 0.3) is 5.69 Å². The van der Waals surface area contributed by atoms with Crippen molar-refractivity contribution in [1.29, 1.82) is 0 Å². The molecular weight excluding hydrogens is 600 g/mol. The van der Waals surface area contributed by atoms with Gasteiger partial charge in [-0.15, -0.1) is 10.2 Å². The standard InChI is InChI=1S/C23H25BrN6O10/c1-5-39-21(32)11-28(12-22(33)40-6-2)18-9-16(25-13(3)31)17(10-20(18)38-4)26-27-23-15(24)7-14(29(34)35)8-19(23)30(36)37/h7-10H,5-6,11-12H2,1-4H3,(H,25,31). The molecule has 0 fully saturated rings. The van der Waals surface area contributed by atoms with Crippen molar-refractivity contribution in [3.8, 4) is 5.75 Å². The number of halogens is 1. The zero-order valence-corrected chi connectivity index (χ0v) is 23.4. The van der Waals surface area contributed by atoms with E-state index in [1.165, 1.54) is 31.1 Å². The van der Waals surface area contributed by atoms with Gasteiger partial charge in [-0.1, -0.05) is 0 Å². The number of benzene rings is 2.